The van der Waals surface area contributed by atoms with Gasteiger partial charge in [-0.3, -0.25) is 4.99 Å². The lowest BCUT2D eigenvalue weighted by Crippen LogP contribution is -2.39. The molecule has 1 aliphatic rings. The van der Waals surface area contributed by atoms with Crippen molar-refractivity contribution in [1.29, 1.82) is 0 Å². The van der Waals surface area contributed by atoms with Gasteiger partial charge in [0, 0.05) is 32.1 Å². The first-order valence-corrected chi connectivity index (χ1v) is 8.10. The van der Waals surface area contributed by atoms with Crippen molar-refractivity contribution in [2.75, 3.05) is 20.1 Å². The Morgan fingerprint density at radius 1 is 1.38 bits per heavy atom. The van der Waals surface area contributed by atoms with E-state index in [-0.39, 0.29) is 24.0 Å². The first kappa shape index (κ1) is 18.8. The summed E-state index contributed by atoms with van der Waals surface area (Å²) in [6.07, 6.45) is 1.16. The summed E-state index contributed by atoms with van der Waals surface area (Å²) in [5.41, 5.74) is 3.73. The largest absolute Gasteiger partial charge is 0.359 e. The van der Waals surface area contributed by atoms with Crippen molar-refractivity contribution >= 4 is 29.9 Å². The van der Waals surface area contributed by atoms with Crippen LogP contribution in [-0.4, -0.2) is 36.2 Å². The van der Waals surface area contributed by atoms with E-state index in [4.69, 9.17) is 4.52 Å². The molecule has 5 nitrogen and oxygen atoms in total. The normalized spacial score (nSPS) is 17.7. The van der Waals surface area contributed by atoms with Gasteiger partial charge in [0.1, 0.15) is 0 Å². The zero-order chi connectivity index (χ0) is 16.2. The van der Waals surface area contributed by atoms with E-state index in [0.29, 0.717) is 12.5 Å². The predicted octanol–water partition coefficient (Wildman–Crippen LogP) is 3.47. The third-order valence-electron chi connectivity index (χ3n) is 4.43. The molecule has 1 atom stereocenters. The zero-order valence-corrected chi connectivity index (χ0v) is 16.8. The molecule has 0 saturated carbocycles. The lowest BCUT2D eigenvalue weighted by Gasteiger charge is -2.21. The molecule has 1 saturated heterocycles. The van der Waals surface area contributed by atoms with Crippen LogP contribution in [0.25, 0.3) is 0 Å². The van der Waals surface area contributed by atoms with Crippen LogP contribution in [0.4, 0.5) is 0 Å². The Kier molecular flexibility index (Phi) is 6.65. The highest BCUT2D eigenvalue weighted by atomic mass is 127. The van der Waals surface area contributed by atoms with Crippen LogP contribution in [0.3, 0.4) is 0 Å². The molecule has 130 valence electrons. The maximum absolute atomic E-state index is 5.24. The van der Waals surface area contributed by atoms with E-state index >= 15 is 0 Å². The van der Waals surface area contributed by atoms with Crippen molar-refractivity contribution in [3.8, 4) is 0 Å². The Morgan fingerprint density at radius 2 is 2.17 bits per heavy atom. The fourth-order valence-electron chi connectivity index (χ4n) is 3.25. The van der Waals surface area contributed by atoms with Crippen molar-refractivity contribution in [3.63, 3.8) is 0 Å². The van der Waals surface area contributed by atoms with Gasteiger partial charge in [-0.1, -0.05) is 29.4 Å². The summed E-state index contributed by atoms with van der Waals surface area (Å²) < 4.78 is 5.24. The Bertz CT molecular complexity index is 698. The summed E-state index contributed by atoms with van der Waals surface area (Å²) >= 11 is 0. The fraction of sp³-hybridized carbons (Fsp3) is 0.444. The van der Waals surface area contributed by atoms with Gasteiger partial charge in [0.05, 0.1) is 12.2 Å². The second kappa shape index (κ2) is 8.50. The first-order chi connectivity index (χ1) is 11.2. The Balaban J connectivity index is 0.00000208. The monoisotopic (exact) mass is 440 g/mol. The molecule has 1 aromatic carbocycles. The van der Waals surface area contributed by atoms with Gasteiger partial charge in [-0.15, -0.1) is 24.0 Å². The van der Waals surface area contributed by atoms with Crippen LogP contribution >= 0.6 is 24.0 Å². The van der Waals surface area contributed by atoms with Crippen molar-refractivity contribution in [1.82, 2.24) is 15.4 Å². The lowest BCUT2D eigenvalue weighted by atomic mass is 9.94. The molecule has 1 aliphatic heterocycles. The molecular formula is C18H25IN4O. The van der Waals surface area contributed by atoms with Crippen molar-refractivity contribution in [2.45, 2.75) is 32.7 Å². The molecule has 2 heterocycles. The van der Waals surface area contributed by atoms with Crippen LogP contribution in [0.1, 0.15) is 34.9 Å². The van der Waals surface area contributed by atoms with Gasteiger partial charge in [-0.25, -0.2) is 0 Å². The number of likely N-dealkylation sites (tertiary alicyclic amines) is 1. The number of aromatic nitrogens is 1. The van der Waals surface area contributed by atoms with Crippen LogP contribution in [0.15, 0.2) is 39.8 Å². The number of hydrogen-bond acceptors (Lipinski definition) is 3. The minimum absolute atomic E-state index is 0. The molecule has 0 amide bonds. The molecule has 6 heteroatoms. The minimum Gasteiger partial charge on any atom is -0.359 e. The highest BCUT2D eigenvalue weighted by molar-refractivity contribution is 14.0. The molecule has 0 radical (unpaired) electrons. The van der Waals surface area contributed by atoms with E-state index in [0.717, 1.165) is 36.9 Å². The summed E-state index contributed by atoms with van der Waals surface area (Å²) in [7, 11) is 1.83. The summed E-state index contributed by atoms with van der Waals surface area (Å²) in [6.45, 7) is 6.75. The number of guanidine groups is 1. The minimum atomic E-state index is 0. The van der Waals surface area contributed by atoms with Crippen LogP contribution < -0.4 is 5.32 Å². The molecule has 2 aromatic rings. The molecule has 0 spiro atoms. The van der Waals surface area contributed by atoms with Gasteiger partial charge in [-0.05, 0) is 31.4 Å². The molecule has 0 bridgehead atoms. The maximum Gasteiger partial charge on any atom is 0.194 e. The Hall–Kier alpha value is -1.57. The average Bonchev–Trinajstić information content (AvgIpc) is 3.18. The highest BCUT2D eigenvalue weighted by Gasteiger charge is 2.26. The maximum atomic E-state index is 5.24. The van der Waals surface area contributed by atoms with E-state index in [1.54, 1.807) is 0 Å². The van der Waals surface area contributed by atoms with Crippen molar-refractivity contribution in [2.24, 2.45) is 4.99 Å². The number of nitrogens with one attached hydrogen (secondary N) is 1. The number of aryl methyl sites for hydroxylation is 2. The predicted molar refractivity (Wildman–Crippen MR) is 107 cm³/mol. The summed E-state index contributed by atoms with van der Waals surface area (Å²) in [5, 5.41) is 7.28. The van der Waals surface area contributed by atoms with E-state index < -0.39 is 0 Å². The van der Waals surface area contributed by atoms with Crippen molar-refractivity contribution in [3.05, 3.63) is 52.9 Å². The number of nitrogens with zero attached hydrogens (tertiary/aromatic N) is 3. The van der Waals surface area contributed by atoms with Crippen LogP contribution in [0.2, 0.25) is 0 Å². The van der Waals surface area contributed by atoms with E-state index in [9.17, 15) is 0 Å². The van der Waals surface area contributed by atoms with Crippen molar-refractivity contribution < 1.29 is 4.52 Å². The Morgan fingerprint density at radius 3 is 2.83 bits per heavy atom. The van der Waals surface area contributed by atoms with Gasteiger partial charge < -0.3 is 14.7 Å². The smallest absolute Gasteiger partial charge is 0.194 e. The van der Waals surface area contributed by atoms with Gasteiger partial charge in [0.25, 0.3) is 0 Å². The van der Waals surface area contributed by atoms with Gasteiger partial charge in [0.15, 0.2) is 11.7 Å². The lowest BCUT2D eigenvalue weighted by molar-refractivity contribution is 0.373. The molecule has 1 fully saturated rings. The number of benzene rings is 1. The summed E-state index contributed by atoms with van der Waals surface area (Å²) in [4.78, 5) is 6.73. The number of halogens is 1. The summed E-state index contributed by atoms with van der Waals surface area (Å²) in [6, 6.07) is 10.6. The third kappa shape index (κ3) is 4.28. The van der Waals surface area contributed by atoms with Gasteiger partial charge in [0.2, 0.25) is 0 Å². The number of rotatable bonds is 3. The second-order valence-corrected chi connectivity index (χ2v) is 6.12. The molecule has 1 aromatic heterocycles. The number of hydrogen-bond donors (Lipinski definition) is 1. The second-order valence-electron chi connectivity index (χ2n) is 6.12. The average molecular weight is 440 g/mol. The van der Waals surface area contributed by atoms with Gasteiger partial charge >= 0.3 is 0 Å². The Labute approximate surface area is 160 Å². The van der Waals surface area contributed by atoms with Crippen LogP contribution in [-0.2, 0) is 6.54 Å². The third-order valence-corrected chi connectivity index (χ3v) is 4.43. The molecular weight excluding hydrogens is 415 g/mol. The standard InChI is InChI=1S/C18H24N4O.HI/c1-13-6-4-5-7-17(13)15-8-9-22(12-15)18(19-3)20-11-16-10-14(2)21-23-16;/h4-7,10,15H,8-9,11-12H2,1-3H3,(H,19,20);1H. The molecule has 1 N–H and O–H groups in total. The van der Waals surface area contributed by atoms with E-state index in [1.165, 1.54) is 11.1 Å². The van der Waals surface area contributed by atoms with Crippen LogP contribution in [0.5, 0.6) is 0 Å². The van der Waals surface area contributed by atoms with E-state index in [2.05, 4.69) is 51.6 Å². The zero-order valence-electron chi connectivity index (χ0n) is 14.5. The molecule has 0 aliphatic carbocycles. The SMILES string of the molecule is CN=C(NCc1cc(C)no1)N1CCC(c2ccccc2C)C1.I. The molecule has 3 rings (SSSR count). The summed E-state index contributed by atoms with van der Waals surface area (Å²) in [5.74, 6) is 2.33. The molecule has 1 unspecified atom stereocenters. The quantitative estimate of drug-likeness (QED) is 0.451. The van der Waals surface area contributed by atoms with E-state index in [1.807, 2.05) is 20.0 Å². The first-order valence-electron chi connectivity index (χ1n) is 8.10. The fourth-order valence-corrected chi connectivity index (χ4v) is 3.25. The number of aliphatic imine (C=N–C) groups is 1. The highest BCUT2D eigenvalue weighted by Crippen LogP contribution is 2.29. The topological polar surface area (TPSA) is 53.7 Å². The van der Waals surface area contributed by atoms with Gasteiger partial charge in [-0.2, -0.15) is 0 Å². The van der Waals surface area contributed by atoms with Crippen LogP contribution in [0, 0.1) is 13.8 Å². The molecule has 24 heavy (non-hydrogen) atoms.